The minimum Gasteiger partial charge on any atom is -0.433 e. The molecule has 2 aromatic rings. The van der Waals surface area contributed by atoms with Crippen LogP contribution in [0.1, 0.15) is 38.2 Å². The molecule has 0 fully saturated rings. The minimum absolute atomic E-state index is 0.0806. The topological polar surface area (TPSA) is 76.8 Å². The summed E-state index contributed by atoms with van der Waals surface area (Å²) in [7, 11) is 0. The van der Waals surface area contributed by atoms with Crippen molar-refractivity contribution >= 4 is 11.4 Å². The number of nitro groups is 1. The molecule has 0 saturated heterocycles. The molecule has 1 heterocycles. The molecule has 6 nitrogen and oxygen atoms in total. The van der Waals surface area contributed by atoms with Gasteiger partial charge in [0.25, 0.3) is 0 Å². The maximum absolute atomic E-state index is 11.8. The fourth-order valence-corrected chi connectivity index (χ4v) is 4.02. The average Bonchev–Trinajstić information content (AvgIpc) is 3.06. The molecular formula is C22H23N3O3. The van der Waals surface area contributed by atoms with Crippen LogP contribution in [0.3, 0.4) is 0 Å². The third kappa shape index (κ3) is 3.50. The number of para-hydroxylation sites is 1. The van der Waals surface area contributed by atoms with E-state index in [0.717, 1.165) is 29.0 Å². The summed E-state index contributed by atoms with van der Waals surface area (Å²) in [4.78, 5) is 11.4. The number of nitrogens with zero attached hydrogens (tertiary/aromatic N) is 2. The molecule has 0 saturated carbocycles. The molecule has 0 unspecified atom stereocenters. The van der Waals surface area contributed by atoms with Crippen molar-refractivity contribution in [3.8, 4) is 0 Å². The van der Waals surface area contributed by atoms with E-state index >= 15 is 0 Å². The first-order valence-electron chi connectivity index (χ1n) is 9.41. The molecule has 28 heavy (non-hydrogen) atoms. The van der Waals surface area contributed by atoms with Crippen LogP contribution in [-0.2, 0) is 4.74 Å². The number of allylic oxidation sites excluding steroid dienone is 1. The van der Waals surface area contributed by atoms with Gasteiger partial charge in [-0.15, -0.1) is 0 Å². The minimum atomic E-state index is -1.12. The molecule has 144 valence electrons. The average molecular weight is 377 g/mol. The summed E-state index contributed by atoms with van der Waals surface area (Å²) in [6, 6.07) is 19.2. The van der Waals surface area contributed by atoms with Gasteiger partial charge >= 0.3 is 6.23 Å². The van der Waals surface area contributed by atoms with Crippen LogP contribution < -0.4 is 5.43 Å². The summed E-state index contributed by atoms with van der Waals surface area (Å²) >= 11 is 0. The number of nitrogens with one attached hydrogen (secondary N) is 1. The molecule has 0 radical (unpaired) electrons. The molecule has 1 N–H and O–H groups in total. The predicted octanol–water partition coefficient (Wildman–Crippen LogP) is 4.95. The second kappa shape index (κ2) is 7.11. The van der Waals surface area contributed by atoms with Crippen LogP contribution in [0, 0.1) is 15.5 Å². The van der Waals surface area contributed by atoms with Gasteiger partial charge in [0.2, 0.25) is 0 Å². The summed E-state index contributed by atoms with van der Waals surface area (Å²) in [5.74, 6) is 0.235. The molecule has 4 rings (SSSR count). The highest BCUT2D eigenvalue weighted by atomic mass is 16.7. The molecule has 1 aliphatic heterocycles. The van der Waals surface area contributed by atoms with E-state index in [2.05, 4.69) is 24.4 Å². The van der Waals surface area contributed by atoms with E-state index in [4.69, 9.17) is 4.74 Å². The summed E-state index contributed by atoms with van der Waals surface area (Å²) in [6.45, 7) is 4.27. The largest absolute Gasteiger partial charge is 0.433 e. The Morgan fingerprint density at radius 2 is 1.71 bits per heavy atom. The number of hydrogen-bond donors (Lipinski definition) is 1. The van der Waals surface area contributed by atoms with Gasteiger partial charge in [-0.3, -0.25) is 15.5 Å². The summed E-state index contributed by atoms with van der Waals surface area (Å²) in [5, 5.41) is 16.4. The van der Waals surface area contributed by atoms with E-state index in [9.17, 15) is 10.1 Å². The molecule has 0 bridgehead atoms. The second-order valence-corrected chi connectivity index (χ2v) is 8.07. The molecule has 2 aromatic carbocycles. The Hall–Kier alpha value is -3.15. The van der Waals surface area contributed by atoms with Crippen molar-refractivity contribution in [3.05, 3.63) is 87.7 Å². The van der Waals surface area contributed by atoms with Gasteiger partial charge in [0.05, 0.1) is 16.3 Å². The van der Waals surface area contributed by atoms with Crippen LogP contribution in [0.15, 0.2) is 77.1 Å². The first kappa shape index (κ1) is 18.2. The SMILES string of the molecule is CC1(C)CC2=C(/C(=N\Nc3ccccc3)C1)[C@H](c1ccccc1)[C@H]([N+](=O)[O-])O2. The summed E-state index contributed by atoms with van der Waals surface area (Å²) in [5.41, 5.74) is 6.47. The smallest absolute Gasteiger partial charge is 0.364 e. The molecule has 2 aliphatic rings. The van der Waals surface area contributed by atoms with Crippen LogP contribution in [0.25, 0.3) is 0 Å². The zero-order chi connectivity index (χ0) is 19.7. The van der Waals surface area contributed by atoms with Crippen molar-refractivity contribution in [2.75, 3.05) is 5.43 Å². The Morgan fingerprint density at radius 1 is 1.07 bits per heavy atom. The highest BCUT2D eigenvalue weighted by Gasteiger charge is 2.50. The molecule has 1 aliphatic carbocycles. The zero-order valence-corrected chi connectivity index (χ0v) is 16.0. The monoisotopic (exact) mass is 377 g/mol. The quantitative estimate of drug-likeness (QED) is 0.604. The van der Waals surface area contributed by atoms with Gasteiger partial charge in [-0.1, -0.05) is 62.4 Å². The van der Waals surface area contributed by atoms with Gasteiger partial charge in [0.15, 0.2) is 0 Å². The summed E-state index contributed by atoms with van der Waals surface area (Å²) < 4.78 is 5.88. The maximum Gasteiger partial charge on any atom is 0.364 e. The van der Waals surface area contributed by atoms with Gasteiger partial charge in [0.1, 0.15) is 11.7 Å². The Morgan fingerprint density at radius 3 is 2.36 bits per heavy atom. The lowest BCUT2D eigenvalue weighted by molar-refractivity contribution is -0.570. The van der Waals surface area contributed by atoms with Gasteiger partial charge in [-0.25, -0.2) is 0 Å². The van der Waals surface area contributed by atoms with E-state index in [-0.39, 0.29) is 10.3 Å². The lowest BCUT2D eigenvalue weighted by Crippen LogP contribution is -2.29. The van der Waals surface area contributed by atoms with Crippen LogP contribution in [0.2, 0.25) is 0 Å². The molecule has 6 heteroatoms. The van der Waals surface area contributed by atoms with E-state index in [1.54, 1.807) is 0 Å². The normalized spacial score (nSPS) is 24.6. The third-order valence-corrected chi connectivity index (χ3v) is 5.22. The Balaban J connectivity index is 1.77. The van der Waals surface area contributed by atoms with Crippen LogP contribution >= 0.6 is 0 Å². The number of benzene rings is 2. The molecule has 0 aromatic heterocycles. The molecule has 2 atom stereocenters. The lowest BCUT2D eigenvalue weighted by atomic mass is 9.73. The highest BCUT2D eigenvalue weighted by molar-refractivity contribution is 6.04. The van der Waals surface area contributed by atoms with E-state index in [0.29, 0.717) is 12.2 Å². The Labute approximate surface area is 164 Å². The Bertz CT molecular complexity index is 936. The lowest BCUT2D eigenvalue weighted by Gasteiger charge is -2.31. The van der Waals surface area contributed by atoms with Crippen LogP contribution in [-0.4, -0.2) is 16.9 Å². The number of rotatable bonds is 4. The fourth-order valence-electron chi connectivity index (χ4n) is 4.02. The van der Waals surface area contributed by atoms with Crippen molar-refractivity contribution in [2.24, 2.45) is 10.5 Å². The first-order chi connectivity index (χ1) is 13.4. The number of ether oxygens (including phenoxy) is 1. The highest BCUT2D eigenvalue weighted by Crippen LogP contribution is 2.49. The summed E-state index contributed by atoms with van der Waals surface area (Å²) in [6.07, 6.45) is 0.270. The maximum atomic E-state index is 11.8. The molecule has 0 spiro atoms. The second-order valence-electron chi connectivity index (χ2n) is 8.07. The van der Waals surface area contributed by atoms with Gasteiger partial charge in [-0.05, 0) is 29.5 Å². The third-order valence-electron chi connectivity index (χ3n) is 5.22. The van der Waals surface area contributed by atoms with E-state index in [1.807, 2.05) is 60.7 Å². The number of anilines is 1. The Kier molecular flexibility index (Phi) is 4.63. The van der Waals surface area contributed by atoms with E-state index < -0.39 is 12.1 Å². The van der Waals surface area contributed by atoms with Gasteiger partial charge < -0.3 is 4.74 Å². The van der Waals surface area contributed by atoms with Crippen LogP contribution in [0.5, 0.6) is 0 Å². The number of hydrazone groups is 1. The van der Waals surface area contributed by atoms with Gasteiger partial charge in [0, 0.05) is 12.0 Å². The van der Waals surface area contributed by atoms with Crippen molar-refractivity contribution in [1.82, 2.24) is 0 Å². The van der Waals surface area contributed by atoms with Crippen molar-refractivity contribution in [3.63, 3.8) is 0 Å². The standard InChI is InChI=1S/C22H23N3O3/c1-22(2)13-17(24-23-16-11-7-4-8-12-16)20-18(14-22)28-21(25(26)27)19(20)15-9-5-3-6-10-15/h3-12,19,21,23H,13-14H2,1-2H3/b24-17-/t19-,21+/m0/s1. The fraction of sp³-hybridized carbons (Fsp3) is 0.318. The predicted molar refractivity (Wildman–Crippen MR) is 109 cm³/mol. The van der Waals surface area contributed by atoms with Crippen LogP contribution in [0.4, 0.5) is 5.69 Å². The zero-order valence-electron chi connectivity index (χ0n) is 16.0. The number of hydrogen-bond acceptors (Lipinski definition) is 5. The van der Waals surface area contributed by atoms with Crippen molar-refractivity contribution in [1.29, 1.82) is 0 Å². The van der Waals surface area contributed by atoms with Gasteiger partial charge in [-0.2, -0.15) is 5.10 Å². The van der Waals surface area contributed by atoms with Crippen molar-refractivity contribution in [2.45, 2.75) is 38.8 Å². The first-order valence-corrected chi connectivity index (χ1v) is 9.41. The molecular weight excluding hydrogens is 354 g/mol. The van der Waals surface area contributed by atoms with E-state index in [1.165, 1.54) is 0 Å². The molecule has 0 amide bonds. The van der Waals surface area contributed by atoms with Crippen molar-refractivity contribution < 1.29 is 9.66 Å².